The largest absolute Gasteiger partial charge is 0.451 e. The first-order valence-corrected chi connectivity index (χ1v) is 8.02. The monoisotopic (exact) mass is 327 g/mol. The number of halogens is 1. The van der Waals surface area contributed by atoms with Gasteiger partial charge in [0.15, 0.2) is 5.76 Å². The summed E-state index contributed by atoms with van der Waals surface area (Å²) < 4.78 is 5.73. The fourth-order valence-electron chi connectivity index (χ4n) is 2.73. The lowest BCUT2D eigenvalue weighted by atomic mass is 10.0. The molecule has 0 fully saturated rings. The maximum absolute atomic E-state index is 12.6. The van der Waals surface area contributed by atoms with E-state index in [-0.39, 0.29) is 11.9 Å². The van der Waals surface area contributed by atoms with Gasteiger partial charge in [0.05, 0.1) is 6.04 Å². The van der Waals surface area contributed by atoms with Crippen molar-refractivity contribution in [1.82, 2.24) is 5.32 Å². The molecule has 3 rings (SSSR count). The first-order chi connectivity index (χ1) is 11.1. The summed E-state index contributed by atoms with van der Waals surface area (Å²) in [4.78, 5) is 12.6. The lowest BCUT2D eigenvalue weighted by Crippen LogP contribution is -2.28. The van der Waals surface area contributed by atoms with Crippen LogP contribution in [-0.2, 0) is 0 Å². The second kappa shape index (κ2) is 6.47. The molecule has 1 amide bonds. The van der Waals surface area contributed by atoms with Crippen molar-refractivity contribution >= 4 is 28.5 Å². The number of furan rings is 1. The Balaban J connectivity index is 1.86. The average molecular weight is 328 g/mol. The van der Waals surface area contributed by atoms with Crippen LogP contribution in [0.2, 0.25) is 5.02 Å². The number of para-hydroxylation sites is 1. The second-order valence-electron chi connectivity index (χ2n) is 5.54. The van der Waals surface area contributed by atoms with E-state index in [1.165, 1.54) is 0 Å². The molecule has 4 heteroatoms. The molecule has 0 radical (unpaired) electrons. The highest BCUT2D eigenvalue weighted by molar-refractivity contribution is 6.30. The van der Waals surface area contributed by atoms with E-state index >= 15 is 0 Å². The van der Waals surface area contributed by atoms with Crippen LogP contribution >= 0.6 is 11.6 Å². The number of rotatable bonds is 4. The van der Waals surface area contributed by atoms with Gasteiger partial charge in [0.2, 0.25) is 0 Å². The minimum absolute atomic E-state index is 0.0765. The summed E-state index contributed by atoms with van der Waals surface area (Å²) in [5.41, 5.74) is 2.62. The SMILES string of the molecule is CCC(NC(=O)c1oc2ccccc2c1C)c1ccc(Cl)cc1. The summed E-state index contributed by atoms with van der Waals surface area (Å²) in [6.07, 6.45) is 0.784. The Hall–Kier alpha value is -2.26. The molecule has 1 N–H and O–H groups in total. The van der Waals surface area contributed by atoms with Crippen LogP contribution in [0, 0.1) is 6.92 Å². The molecule has 1 atom stereocenters. The van der Waals surface area contributed by atoms with Crippen LogP contribution in [0.4, 0.5) is 0 Å². The van der Waals surface area contributed by atoms with E-state index in [4.69, 9.17) is 16.0 Å². The van der Waals surface area contributed by atoms with Gasteiger partial charge in [-0.25, -0.2) is 0 Å². The molecular weight excluding hydrogens is 310 g/mol. The number of carbonyl (C=O) groups is 1. The minimum Gasteiger partial charge on any atom is -0.451 e. The number of hydrogen-bond donors (Lipinski definition) is 1. The first-order valence-electron chi connectivity index (χ1n) is 7.64. The molecule has 0 saturated carbocycles. The molecule has 3 aromatic rings. The van der Waals surface area contributed by atoms with Crippen LogP contribution in [0.25, 0.3) is 11.0 Å². The molecule has 3 nitrogen and oxygen atoms in total. The maximum Gasteiger partial charge on any atom is 0.287 e. The fraction of sp³-hybridized carbons (Fsp3) is 0.211. The highest BCUT2D eigenvalue weighted by atomic mass is 35.5. The van der Waals surface area contributed by atoms with E-state index in [2.05, 4.69) is 5.32 Å². The summed E-state index contributed by atoms with van der Waals surface area (Å²) in [5, 5.41) is 4.70. The van der Waals surface area contributed by atoms with Gasteiger partial charge in [-0.3, -0.25) is 4.79 Å². The van der Waals surface area contributed by atoms with Crippen molar-refractivity contribution in [3.05, 3.63) is 70.4 Å². The average Bonchev–Trinajstić information content (AvgIpc) is 2.91. The number of nitrogens with one attached hydrogen (secondary N) is 1. The van der Waals surface area contributed by atoms with Crippen molar-refractivity contribution in [2.24, 2.45) is 0 Å². The van der Waals surface area contributed by atoms with Gasteiger partial charge < -0.3 is 9.73 Å². The molecule has 2 aromatic carbocycles. The molecule has 0 spiro atoms. The Labute approximate surface area is 140 Å². The highest BCUT2D eigenvalue weighted by Crippen LogP contribution is 2.26. The molecule has 1 unspecified atom stereocenters. The predicted molar refractivity (Wildman–Crippen MR) is 92.9 cm³/mol. The van der Waals surface area contributed by atoms with Gasteiger partial charge in [-0.15, -0.1) is 0 Å². The molecule has 0 aliphatic heterocycles. The number of aryl methyl sites for hydroxylation is 1. The standard InChI is InChI=1S/C19H18ClNO2/c1-3-16(13-8-10-14(20)11-9-13)21-19(22)18-12(2)15-6-4-5-7-17(15)23-18/h4-11,16H,3H2,1-2H3,(H,21,22). The summed E-state index contributed by atoms with van der Waals surface area (Å²) >= 11 is 5.92. The molecule has 0 bridgehead atoms. The Morgan fingerprint density at radius 3 is 2.52 bits per heavy atom. The van der Waals surface area contributed by atoms with Crippen LogP contribution in [0.3, 0.4) is 0 Å². The van der Waals surface area contributed by atoms with Crippen molar-refractivity contribution in [3.63, 3.8) is 0 Å². The Kier molecular flexibility index (Phi) is 4.39. The van der Waals surface area contributed by atoms with Gasteiger partial charge in [0.25, 0.3) is 5.91 Å². The van der Waals surface area contributed by atoms with Crippen molar-refractivity contribution in [2.45, 2.75) is 26.3 Å². The normalized spacial score (nSPS) is 12.3. The quantitative estimate of drug-likeness (QED) is 0.708. The molecule has 0 aliphatic rings. The van der Waals surface area contributed by atoms with Gasteiger partial charge in [0, 0.05) is 16.0 Å². The van der Waals surface area contributed by atoms with Crippen molar-refractivity contribution in [3.8, 4) is 0 Å². The molecule has 23 heavy (non-hydrogen) atoms. The molecule has 0 saturated heterocycles. The molecule has 1 heterocycles. The zero-order valence-corrected chi connectivity index (χ0v) is 13.9. The number of benzene rings is 2. The van der Waals surface area contributed by atoms with Crippen molar-refractivity contribution in [2.75, 3.05) is 0 Å². The van der Waals surface area contributed by atoms with Crippen LogP contribution in [-0.4, -0.2) is 5.91 Å². The van der Waals surface area contributed by atoms with E-state index in [0.717, 1.165) is 28.5 Å². The summed E-state index contributed by atoms with van der Waals surface area (Å²) in [5.74, 6) is 0.180. The Morgan fingerprint density at radius 1 is 1.17 bits per heavy atom. The maximum atomic E-state index is 12.6. The zero-order valence-electron chi connectivity index (χ0n) is 13.1. The second-order valence-corrected chi connectivity index (χ2v) is 5.97. The van der Waals surface area contributed by atoms with Crippen LogP contribution in [0.5, 0.6) is 0 Å². The van der Waals surface area contributed by atoms with Crippen molar-refractivity contribution in [1.29, 1.82) is 0 Å². The lowest BCUT2D eigenvalue weighted by molar-refractivity contribution is 0.0909. The van der Waals surface area contributed by atoms with Gasteiger partial charge in [-0.05, 0) is 37.1 Å². The summed E-state index contributed by atoms with van der Waals surface area (Å²) in [7, 11) is 0. The van der Waals surface area contributed by atoms with E-state index in [0.29, 0.717) is 10.8 Å². The van der Waals surface area contributed by atoms with Crippen molar-refractivity contribution < 1.29 is 9.21 Å². The van der Waals surface area contributed by atoms with Crippen LogP contribution < -0.4 is 5.32 Å². The lowest BCUT2D eigenvalue weighted by Gasteiger charge is -2.17. The topological polar surface area (TPSA) is 42.2 Å². The van der Waals surface area contributed by atoms with E-state index in [1.54, 1.807) is 0 Å². The fourth-order valence-corrected chi connectivity index (χ4v) is 2.86. The van der Waals surface area contributed by atoms with E-state index in [1.807, 2.05) is 62.4 Å². The van der Waals surface area contributed by atoms with Crippen LogP contribution in [0.15, 0.2) is 52.9 Å². The summed E-state index contributed by atoms with van der Waals surface area (Å²) in [6, 6.07) is 15.1. The zero-order chi connectivity index (χ0) is 16.4. The molecule has 0 aliphatic carbocycles. The van der Waals surface area contributed by atoms with Gasteiger partial charge >= 0.3 is 0 Å². The number of fused-ring (bicyclic) bond motifs is 1. The smallest absolute Gasteiger partial charge is 0.287 e. The van der Waals surface area contributed by atoms with Gasteiger partial charge in [0.1, 0.15) is 5.58 Å². The van der Waals surface area contributed by atoms with Gasteiger partial charge in [-0.2, -0.15) is 0 Å². The molecule has 1 aromatic heterocycles. The Morgan fingerprint density at radius 2 is 1.87 bits per heavy atom. The van der Waals surface area contributed by atoms with E-state index in [9.17, 15) is 4.79 Å². The number of amides is 1. The third-order valence-electron chi connectivity index (χ3n) is 4.04. The third kappa shape index (κ3) is 3.10. The molecule has 118 valence electrons. The third-order valence-corrected chi connectivity index (χ3v) is 4.29. The molecular formula is C19H18ClNO2. The summed E-state index contributed by atoms with van der Waals surface area (Å²) in [6.45, 7) is 3.94. The highest BCUT2D eigenvalue weighted by Gasteiger charge is 2.20. The number of hydrogen-bond acceptors (Lipinski definition) is 2. The van der Waals surface area contributed by atoms with Crippen LogP contribution in [0.1, 0.15) is 41.1 Å². The minimum atomic E-state index is -0.194. The van der Waals surface area contributed by atoms with Gasteiger partial charge in [-0.1, -0.05) is 48.9 Å². The Bertz CT molecular complexity index is 836. The number of carbonyl (C=O) groups excluding carboxylic acids is 1. The van der Waals surface area contributed by atoms with E-state index < -0.39 is 0 Å². The predicted octanol–water partition coefficient (Wildman–Crippen LogP) is 5.28. The first kappa shape index (κ1) is 15.6.